The highest BCUT2D eigenvalue weighted by molar-refractivity contribution is 5.96. The minimum atomic E-state index is 0.189. The minimum Gasteiger partial charge on any atom is -0.378 e. The highest BCUT2D eigenvalue weighted by Gasteiger charge is 2.34. The van der Waals surface area contributed by atoms with Crippen LogP contribution in [-0.2, 0) is 4.79 Å². The fourth-order valence-electron chi connectivity index (χ4n) is 3.85. The van der Waals surface area contributed by atoms with Crippen molar-refractivity contribution in [3.05, 3.63) is 59.2 Å². The van der Waals surface area contributed by atoms with Gasteiger partial charge < -0.3 is 10.2 Å². The van der Waals surface area contributed by atoms with Crippen molar-refractivity contribution >= 4 is 17.3 Å². The summed E-state index contributed by atoms with van der Waals surface area (Å²) in [6.45, 7) is 8.46. The Morgan fingerprint density at radius 1 is 1.12 bits per heavy atom. The summed E-state index contributed by atoms with van der Waals surface area (Å²) in [4.78, 5) is 14.8. The minimum absolute atomic E-state index is 0.189. The summed E-state index contributed by atoms with van der Waals surface area (Å²) in [6.07, 6.45) is 2.41. The zero-order valence-corrected chi connectivity index (χ0v) is 15.7. The van der Waals surface area contributed by atoms with Crippen molar-refractivity contribution in [1.29, 1.82) is 0 Å². The largest absolute Gasteiger partial charge is 0.378 e. The van der Waals surface area contributed by atoms with Crippen molar-refractivity contribution in [2.75, 3.05) is 10.2 Å². The molecule has 1 amide bonds. The Kier molecular flexibility index (Phi) is 5.12. The van der Waals surface area contributed by atoms with E-state index in [4.69, 9.17) is 0 Å². The summed E-state index contributed by atoms with van der Waals surface area (Å²) < 4.78 is 0. The number of benzene rings is 2. The molecule has 2 atom stereocenters. The maximum Gasteiger partial charge on any atom is 0.227 e. The van der Waals surface area contributed by atoms with Crippen LogP contribution in [0.4, 0.5) is 11.4 Å². The summed E-state index contributed by atoms with van der Waals surface area (Å²) >= 11 is 0. The SMILES string of the molecule is CCCC(=O)N1c2c(C)cccc2[C@H](Nc2ccccc2C)C[C@H]1C. The Morgan fingerprint density at radius 2 is 1.84 bits per heavy atom. The lowest BCUT2D eigenvalue weighted by Gasteiger charge is -2.41. The van der Waals surface area contributed by atoms with E-state index >= 15 is 0 Å². The van der Waals surface area contributed by atoms with Gasteiger partial charge in [0.1, 0.15) is 0 Å². The van der Waals surface area contributed by atoms with E-state index in [0.29, 0.717) is 6.42 Å². The van der Waals surface area contributed by atoms with Crippen molar-refractivity contribution in [3.63, 3.8) is 0 Å². The summed E-state index contributed by atoms with van der Waals surface area (Å²) in [6, 6.07) is 15.2. The standard InChI is InChI=1S/C22H28N2O/c1-5-9-21(25)24-17(4)14-20(18-12-8-11-16(3)22(18)24)23-19-13-7-6-10-15(19)2/h6-8,10-13,17,20,23H,5,9,14H2,1-4H3/t17-,20-/m1/s1. The maximum absolute atomic E-state index is 12.7. The number of para-hydroxylation sites is 2. The fourth-order valence-corrected chi connectivity index (χ4v) is 3.85. The van der Waals surface area contributed by atoms with E-state index in [1.807, 2.05) is 4.90 Å². The lowest BCUT2D eigenvalue weighted by Crippen LogP contribution is -2.44. The van der Waals surface area contributed by atoms with Crippen LogP contribution in [0.3, 0.4) is 0 Å². The second kappa shape index (κ2) is 7.30. The van der Waals surface area contributed by atoms with Crippen molar-refractivity contribution in [2.45, 2.75) is 59.0 Å². The van der Waals surface area contributed by atoms with Crippen molar-refractivity contribution < 1.29 is 4.79 Å². The van der Waals surface area contributed by atoms with Gasteiger partial charge in [-0.2, -0.15) is 0 Å². The first-order valence-corrected chi connectivity index (χ1v) is 9.26. The number of hydrogen-bond donors (Lipinski definition) is 1. The van der Waals surface area contributed by atoms with Gasteiger partial charge in [0.2, 0.25) is 5.91 Å². The van der Waals surface area contributed by atoms with E-state index in [0.717, 1.165) is 18.5 Å². The van der Waals surface area contributed by atoms with Crippen LogP contribution in [-0.4, -0.2) is 11.9 Å². The van der Waals surface area contributed by atoms with Gasteiger partial charge in [0.05, 0.1) is 11.7 Å². The molecule has 25 heavy (non-hydrogen) atoms. The molecule has 1 N–H and O–H groups in total. The van der Waals surface area contributed by atoms with Crippen LogP contribution in [0.2, 0.25) is 0 Å². The number of nitrogens with zero attached hydrogens (tertiary/aromatic N) is 1. The third-order valence-electron chi connectivity index (χ3n) is 5.11. The van der Waals surface area contributed by atoms with Crippen LogP contribution >= 0.6 is 0 Å². The predicted molar refractivity (Wildman–Crippen MR) is 105 cm³/mol. The molecule has 0 spiro atoms. The predicted octanol–water partition coefficient (Wildman–Crippen LogP) is 5.38. The van der Waals surface area contributed by atoms with Gasteiger partial charge in [-0.1, -0.05) is 43.3 Å². The molecule has 1 heterocycles. The van der Waals surface area contributed by atoms with Crippen LogP contribution in [0.5, 0.6) is 0 Å². The average molecular weight is 336 g/mol. The number of fused-ring (bicyclic) bond motifs is 1. The van der Waals surface area contributed by atoms with E-state index < -0.39 is 0 Å². The second-order valence-corrected chi connectivity index (χ2v) is 7.12. The number of nitrogens with one attached hydrogen (secondary N) is 1. The molecule has 1 aliphatic rings. The smallest absolute Gasteiger partial charge is 0.227 e. The molecule has 132 valence electrons. The lowest BCUT2D eigenvalue weighted by atomic mass is 9.89. The van der Waals surface area contributed by atoms with Gasteiger partial charge in [-0.3, -0.25) is 4.79 Å². The van der Waals surface area contributed by atoms with E-state index in [2.05, 4.69) is 75.5 Å². The summed E-state index contributed by atoms with van der Waals surface area (Å²) in [7, 11) is 0. The molecule has 0 unspecified atom stereocenters. The molecular weight excluding hydrogens is 308 g/mol. The van der Waals surface area contributed by atoms with Crippen molar-refractivity contribution in [1.82, 2.24) is 0 Å². The number of aryl methyl sites for hydroxylation is 2. The van der Waals surface area contributed by atoms with E-state index in [1.54, 1.807) is 0 Å². The summed E-state index contributed by atoms with van der Waals surface area (Å²) in [5, 5.41) is 3.72. The van der Waals surface area contributed by atoms with E-state index in [1.165, 1.54) is 22.4 Å². The van der Waals surface area contributed by atoms with Gasteiger partial charge in [-0.15, -0.1) is 0 Å². The van der Waals surface area contributed by atoms with Crippen molar-refractivity contribution in [3.8, 4) is 0 Å². The Morgan fingerprint density at radius 3 is 2.56 bits per heavy atom. The number of hydrogen-bond acceptors (Lipinski definition) is 2. The Labute approximate surface area is 151 Å². The molecule has 2 aromatic carbocycles. The lowest BCUT2D eigenvalue weighted by molar-refractivity contribution is -0.119. The van der Waals surface area contributed by atoms with Gasteiger partial charge in [-0.05, 0) is 56.4 Å². The zero-order chi connectivity index (χ0) is 18.0. The molecule has 1 aliphatic heterocycles. The molecule has 3 heteroatoms. The Balaban J connectivity index is 2.00. The fraction of sp³-hybridized carbons (Fsp3) is 0.409. The summed E-state index contributed by atoms with van der Waals surface area (Å²) in [5.41, 5.74) is 5.91. The molecule has 0 fully saturated rings. The number of anilines is 2. The zero-order valence-electron chi connectivity index (χ0n) is 15.7. The van der Waals surface area contributed by atoms with Crippen molar-refractivity contribution in [2.24, 2.45) is 0 Å². The van der Waals surface area contributed by atoms with Gasteiger partial charge in [0, 0.05) is 18.2 Å². The normalized spacial score (nSPS) is 19.4. The monoisotopic (exact) mass is 336 g/mol. The highest BCUT2D eigenvalue weighted by Crippen LogP contribution is 2.41. The average Bonchev–Trinajstić information content (AvgIpc) is 2.58. The summed E-state index contributed by atoms with van der Waals surface area (Å²) in [5.74, 6) is 0.236. The van der Waals surface area contributed by atoms with Crippen LogP contribution in [0.15, 0.2) is 42.5 Å². The quantitative estimate of drug-likeness (QED) is 0.812. The molecule has 0 saturated heterocycles. The van der Waals surface area contributed by atoms with E-state index in [-0.39, 0.29) is 18.0 Å². The molecular formula is C22H28N2O. The van der Waals surface area contributed by atoms with Crippen LogP contribution in [0, 0.1) is 13.8 Å². The number of carbonyl (C=O) groups excluding carboxylic acids is 1. The number of carbonyl (C=O) groups is 1. The van der Waals surface area contributed by atoms with Gasteiger partial charge >= 0.3 is 0 Å². The van der Waals surface area contributed by atoms with Gasteiger partial charge in [0.25, 0.3) is 0 Å². The molecule has 3 rings (SSSR count). The molecule has 0 bridgehead atoms. The Bertz CT molecular complexity index is 768. The topological polar surface area (TPSA) is 32.3 Å². The molecule has 0 saturated carbocycles. The van der Waals surface area contributed by atoms with Gasteiger partial charge in [0.15, 0.2) is 0 Å². The second-order valence-electron chi connectivity index (χ2n) is 7.12. The molecule has 3 nitrogen and oxygen atoms in total. The molecule has 0 aliphatic carbocycles. The van der Waals surface area contributed by atoms with Crippen LogP contribution in [0.25, 0.3) is 0 Å². The van der Waals surface area contributed by atoms with Gasteiger partial charge in [-0.25, -0.2) is 0 Å². The Hall–Kier alpha value is -2.29. The number of amides is 1. The van der Waals surface area contributed by atoms with Crippen LogP contribution in [0.1, 0.15) is 55.8 Å². The maximum atomic E-state index is 12.7. The molecule has 0 aromatic heterocycles. The third-order valence-corrected chi connectivity index (χ3v) is 5.11. The number of rotatable bonds is 4. The highest BCUT2D eigenvalue weighted by atomic mass is 16.2. The third kappa shape index (κ3) is 3.41. The van der Waals surface area contributed by atoms with Crippen LogP contribution < -0.4 is 10.2 Å². The first-order valence-electron chi connectivity index (χ1n) is 9.26. The first-order chi connectivity index (χ1) is 12.0. The van der Waals surface area contributed by atoms with E-state index in [9.17, 15) is 4.79 Å². The first kappa shape index (κ1) is 17.5. The molecule has 2 aromatic rings. The molecule has 0 radical (unpaired) electrons.